The number of amides is 1. The van der Waals surface area contributed by atoms with Crippen LogP contribution in [0.5, 0.6) is 0 Å². The summed E-state index contributed by atoms with van der Waals surface area (Å²) in [5.41, 5.74) is 1.75. The minimum Gasteiger partial charge on any atom is -0.312 e. The van der Waals surface area contributed by atoms with Crippen LogP contribution in [-0.2, 0) is 17.4 Å². The fraction of sp³-hybridized carbons (Fsp3) is 0.333. The standard InChI is InChI=1S/C18H17F4N5O/c1-4-26(13-7-5-12(19)6-8-13)15(28)9-14-10(2)23-17-24-16(18(20,21)22)25-27(17)11(14)3/h5-8H,4,9H2,1-3H3. The molecule has 1 amide bonds. The Labute approximate surface area is 157 Å². The number of halogens is 4. The van der Waals surface area contributed by atoms with Crippen molar-refractivity contribution in [1.29, 1.82) is 0 Å². The van der Waals surface area contributed by atoms with Gasteiger partial charge in [-0.05, 0) is 45.0 Å². The van der Waals surface area contributed by atoms with Gasteiger partial charge in [-0.1, -0.05) is 0 Å². The SMILES string of the molecule is CCN(C(=O)Cc1c(C)nc2nc(C(F)(F)F)nn2c1C)c1ccc(F)cc1. The zero-order valence-corrected chi connectivity index (χ0v) is 15.4. The van der Waals surface area contributed by atoms with E-state index in [9.17, 15) is 22.4 Å². The van der Waals surface area contributed by atoms with Gasteiger partial charge in [-0.2, -0.15) is 18.2 Å². The number of benzene rings is 1. The summed E-state index contributed by atoms with van der Waals surface area (Å²) in [5.74, 6) is -2.17. The lowest BCUT2D eigenvalue weighted by atomic mass is 10.1. The van der Waals surface area contributed by atoms with Gasteiger partial charge in [0.05, 0.1) is 6.42 Å². The Balaban J connectivity index is 1.96. The first-order valence-electron chi connectivity index (χ1n) is 8.47. The highest BCUT2D eigenvalue weighted by Crippen LogP contribution is 2.27. The summed E-state index contributed by atoms with van der Waals surface area (Å²) in [6.45, 7) is 5.29. The molecule has 3 aromatic rings. The highest BCUT2D eigenvalue weighted by atomic mass is 19.4. The second-order valence-corrected chi connectivity index (χ2v) is 6.20. The number of hydrogen-bond acceptors (Lipinski definition) is 4. The fourth-order valence-electron chi connectivity index (χ4n) is 2.95. The first-order valence-corrected chi connectivity index (χ1v) is 8.47. The molecular formula is C18H17F4N5O. The van der Waals surface area contributed by atoms with Crippen molar-refractivity contribution in [1.82, 2.24) is 19.6 Å². The monoisotopic (exact) mass is 395 g/mol. The van der Waals surface area contributed by atoms with Crippen LogP contribution in [0.15, 0.2) is 24.3 Å². The average Bonchev–Trinajstić information content (AvgIpc) is 3.05. The summed E-state index contributed by atoms with van der Waals surface area (Å²) in [6, 6.07) is 5.49. The third-order valence-electron chi connectivity index (χ3n) is 4.39. The van der Waals surface area contributed by atoms with Crippen molar-refractivity contribution in [3.05, 3.63) is 52.9 Å². The molecule has 3 rings (SSSR count). The molecule has 0 aliphatic heterocycles. The number of fused-ring (bicyclic) bond motifs is 1. The number of aromatic nitrogens is 4. The van der Waals surface area contributed by atoms with Crippen LogP contribution in [0.3, 0.4) is 0 Å². The summed E-state index contributed by atoms with van der Waals surface area (Å²) < 4.78 is 52.8. The van der Waals surface area contributed by atoms with Crippen molar-refractivity contribution in [2.75, 3.05) is 11.4 Å². The molecule has 0 spiro atoms. The number of hydrogen-bond donors (Lipinski definition) is 0. The number of anilines is 1. The Morgan fingerprint density at radius 2 is 1.79 bits per heavy atom. The Morgan fingerprint density at radius 3 is 2.36 bits per heavy atom. The van der Waals surface area contributed by atoms with Crippen LogP contribution in [-0.4, -0.2) is 32.0 Å². The van der Waals surface area contributed by atoms with E-state index in [2.05, 4.69) is 15.1 Å². The van der Waals surface area contributed by atoms with Gasteiger partial charge in [-0.15, -0.1) is 5.10 Å². The molecular weight excluding hydrogens is 378 g/mol. The van der Waals surface area contributed by atoms with Gasteiger partial charge >= 0.3 is 6.18 Å². The number of alkyl halides is 3. The Bertz CT molecular complexity index is 1030. The van der Waals surface area contributed by atoms with Crippen molar-refractivity contribution >= 4 is 17.4 Å². The quantitative estimate of drug-likeness (QED) is 0.635. The maximum atomic E-state index is 13.1. The van der Waals surface area contributed by atoms with E-state index >= 15 is 0 Å². The van der Waals surface area contributed by atoms with Crippen molar-refractivity contribution in [2.45, 2.75) is 33.4 Å². The topological polar surface area (TPSA) is 63.4 Å². The van der Waals surface area contributed by atoms with Gasteiger partial charge in [0, 0.05) is 29.2 Å². The van der Waals surface area contributed by atoms with Gasteiger partial charge < -0.3 is 4.90 Å². The van der Waals surface area contributed by atoms with E-state index in [4.69, 9.17) is 0 Å². The molecule has 2 aromatic heterocycles. The van der Waals surface area contributed by atoms with Gasteiger partial charge in [-0.25, -0.2) is 13.9 Å². The maximum Gasteiger partial charge on any atom is 0.453 e. The van der Waals surface area contributed by atoms with E-state index in [1.807, 2.05) is 0 Å². The van der Waals surface area contributed by atoms with E-state index in [1.54, 1.807) is 20.8 Å². The first-order chi connectivity index (χ1) is 13.1. The van der Waals surface area contributed by atoms with Gasteiger partial charge in [0.1, 0.15) is 5.82 Å². The molecule has 10 heteroatoms. The zero-order valence-electron chi connectivity index (χ0n) is 15.4. The number of carbonyl (C=O) groups is 1. The van der Waals surface area contributed by atoms with Gasteiger partial charge in [0.2, 0.25) is 5.91 Å². The molecule has 0 saturated heterocycles. The normalized spacial score (nSPS) is 11.8. The van der Waals surface area contributed by atoms with Crippen LogP contribution in [0.4, 0.5) is 23.2 Å². The lowest BCUT2D eigenvalue weighted by Crippen LogP contribution is -2.32. The third-order valence-corrected chi connectivity index (χ3v) is 4.39. The molecule has 0 atom stereocenters. The molecule has 0 fully saturated rings. The molecule has 0 unspecified atom stereocenters. The molecule has 0 radical (unpaired) electrons. The zero-order chi connectivity index (χ0) is 20.6. The third kappa shape index (κ3) is 3.67. The summed E-state index contributed by atoms with van der Waals surface area (Å²) >= 11 is 0. The predicted octanol–water partition coefficient (Wildman–Crippen LogP) is 3.49. The van der Waals surface area contributed by atoms with E-state index < -0.39 is 17.8 Å². The van der Waals surface area contributed by atoms with Gasteiger partial charge in [-0.3, -0.25) is 4.79 Å². The minimum absolute atomic E-state index is 0.0902. The van der Waals surface area contributed by atoms with Crippen molar-refractivity contribution in [2.24, 2.45) is 0 Å². The predicted molar refractivity (Wildman–Crippen MR) is 93.4 cm³/mol. The maximum absolute atomic E-state index is 13.1. The first kappa shape index (κ1) is 19.7. The van der Waals surface area contributed by atoms with Crippen molar-refractivity contribution < 1.29 is 22.4 Å². The molecule has 0 N–H and O–H groups in total. The largest absolute Gasteiger partial charge is 0.453 e. The summed E-state index contributed by atoms with van der Waals surface area (Å²) in [4.78, 5) is 21.8. The summed E-state index contributed by atoms with van der Waals surface area (Å²) in [7, 11) is 0. The molecule has 28 heavy (non-hydrogen) atoms. The molecule has 1 aromatic carbocycles. The highest BCUT2D eigenvalue weighted by Gasteiger charge is 2.37. The average molecular weight is 395 g/mol. The Morgan fingerprint density at radius 1 is 1.14 bits per heavy atom. The number of carbonyl (C=O) groups excluding carboxylic acids is 1. The molecule has 148 valence electrons. The van der Waals surface area contributed by atoms with Crippen LogP contribution in [0.2, 0.25) is 0 Å². The Hall–Kier alpha value is -3.04. The van der Waals surface area contributed by atoms with E-state index in [-0.39, 0.29) is 18.1 Å². The summed E-state index contributed by atoms with van der Waals surface area (Å²) in [5, 5.41) is 3.48. The molecule has 0 aliphatic carbocycles. The highest BCUT2D eigenvalue weighted by molar-refractivity contribution is 5.94. The van der Waals surface area contributed by atoms with Crippen LogP contribution < -0.4 is 4.90 Å². The molecule has 6 nitrogen and oxygen atoms in total. The van der Waals surface area contributed by atoms with Crippen LogP contribution in [0, 0.1) is 19.7 Å². The molecule has 0 aliphatic rings. The number of likely N-dealkylation sites (N-methyl/N-ethyl adjacent to an activating group) is 1. The van der Waals surface area contributed by atoms with E-state index in [0.29, 0.717) is 29.2 Å². The Kier molecular flexibility index (Phi) is 5.05. The van der Waals surface area contributed by atoms with Crippen molar-refractivity contribution in [3.63, 3.8) is 0 Å². The molecule has 0 saturated carbocycles. The van der Waals surface area contributed by atoms with Gasteiger partial charge in [0.25, 0.3) is 11.6 Å². The second-order valence-electron chi connectivity index (χ2n) is 6.20. The van der Waals surface area contributed by atoms with Crippen LogP contribution >= 0.6 is 0 Å². The lowest BCUT2D eigenvalue weighted by molar-refractivity contribution is -0.144. The lowest BCUT2D eigenvalue weighted by Gasteiger charge is -2.22. The summed E-state index contributed by atoms with van der Waals surface area (Å²) in [6.07, 6.45) is -4.78. The second kappa shape index (κ2) is 7.17. The molecule has 0 bridgehead atoms. The van der Waals surface area contributed by atoms with E-state index in [0.717, 1.165) is 4.52 Å². The van der Waals surface area contributed by atoms with Crippen LogP contribution in [0.1, 0.15) is 29.7 Å². The molecule has 2 heterocycles. The fourth-order valence-corrected chi connectivity index (χ4v) is 2.95. The number of aryl methyl sites for hydroxylation is 2. The minimum atomic E-state index is -4.69. The van der Waals surface area contributed by atoms with Crippen molar-refractivity contribution in [3.8, 4) is 0 Å². The number of nitrogens with zero attached hydrogens (tertiary/aromatic N) is 5. The number of rotatable bonds is 4. The smallest absolute Gasteiger partial charge is 0.312 e. The van der Waals surface area contributed by atoms with Crippen LogP contribution in [0.25, 0.3) is 5.78 Å². The van der Waals surface area contributed by atoms with E-state index in [1.165, 1.54) is 29.2 Å². The van der Waals surface area contributed by atoms with Gasteiger partial charge in [0.15, 0.2) is 0 Å².